The standard InChI is InChI=1S/C15H13Br2NO/c1-9-6-7-11(16)8-13(9)18-15(19)12-5-3-4-10(2)14(12)17/h3-8H,1-2H3,(H,18,19). The molecule has 0 aromatic heterocycles. The van der Waals surface area contributed by atoms with Gasteiger partial charge in [-0.2, -0.15) is 0 Å². The highest BCUT2D eigenvalue weighted by Gasteiger charge is 2.12. The van der Waals surface area contributed by atoms with Crippen LogP contribution in [-0.4, -0.2) is 5.91 Å². The van der Waals surface area contributed by atoms with E-state index in [-0.39, 0.29) is 5.91 Å². The fourth-order valence-electron chi connectivity index (χ4n) is 1.74. The molecule has 0 aliphatic heterocycles. The molecule has 0 spiro atoms. The van der Waals surface area contributed by atoms with E-state index < -0.39 is 0 Å². The Balaban J connectivity index is 2.31. The lowest BCUT2D eigenvalue weighted by atomic mass is 10.1. The zero-order valence-corrected chi connectivity index (χ0v) is 13.8. The molecule has 2 nitrogen and oxygen atoms in total. The molecule has 0 bridgehead atoms. The summed E-state index contributed by atoms with van der Waals surface area (Å²) >= 11 is 6.87. The predicted octanol–water partition coefficient (Wildman–Crippen LogP) is 5.08. The third-order valence-corrected chi connectivity index (χ3v) is 4.43. The highest BCUT2D eigenvalue weighted by molar-refractivity contribution is 9.10. The molecule has 2 aromatic carbocycles. The monoisotopic (exact) mass is 381 g/mol. The van der Waals surface area contributed by atoms with E-state index in [2.05, 4.69) is 37.2 Å². The fourth-order valence-corrected chi connectivity index (χ4v) is 2.55. The number of hydrogen-bond donors (Lipinski definition) is 1. The molecule has 0 atom stereocenters. The van der Waals surface area contributed by atoms with Crippen LogP contribution in [0.1, 0.15) is 21.5 Å². The molecule has 0 saturated heterocycles. The number of benzene rings is 2. The lowest BCUT2D eigenvalue weighted by Gasteiger charge is -2.11. The van der Waals surface area contributed by atoms with Gasteiger partial charge in [-0.25, -0.2) is 0 Å². The Morgan fingerprint density at radius 3 is 2.53 bits per heavy atom. The topological polar surface area (TPSA) is 29.1 Å². The van der Waals surface area contributed by atoms with E-state index in [1.807, 2.05) is 44.2 Å². The van der Waals surface area contributed by atoms with Crippen LogP contribution >= 0.6 is 31.9 Å². The second-order valence-corrected chi connectivity index (χ2v) is 6.06. The molecule has 0 radical (unpaired) electrons. The van der Waals surface area contributed by atoms with Gasteiger partial charge in [0.25, 0.3) is 5.91 Å². The van der Waals surface area contributed by atoms with Crippen molar-refractivity contribution < 1.29 is 4.79 Å². The molecule has 1 amide bonds. The highest BCUT2D eigenvalue weighted by atomic mass is 79.9. The number of nitrogens with one attached hydrogen (secondary N) is 1. The number of rotatable bonds is 2. The first-order valence-corrected chi connectivity index (χ1v) is 7.40. The molecular weight excluding hydrogens is 370 g/mol. The van der Waals surface area contributed by atoms with Gasteiger partial charge < -0.3 is 5.32 Å². The lowest BCUT2D eigenvalue weighted by Crippen LogP contribution is -2.13. The Morgan fingerprint density at radius 2 is 1.79 bits per heavy atom. The Kier molecular flexibility index (Phi) is 4.42. The summed E-state index contributed by atoms with van der Waals surface area (Å²) in [6.45, 7) is 3.93. The summed E-state index contributed by atoms with van der Waals surface area (Å²) in [4.78, 5) is 12.3. The Hall–Kier alpha value is -1.13. The van der Waals surface area contributed by atoms with Crippen LogP contribution in [0.15, 0.2) is 45.3 Å². The minimum Gasteiger partial charge on any atom is -0.322 e. The van der Waals surface area contributed by atoms with Gasteiger partial charge in [-0.1, -0.05) is 34.1 Å². The van der Waals surface area contributed by atoms with Gasteiger partial charge in [0, 0.05) is 14.6 Å². The third-order valence-electron chi connectivity index (χ3n) is 2.88. The van der Waals surface area contributed by atoms with Crippen molar-refractivity contribution in [1.29, 1.82) is 0 Å². The number of halogens is 2. The molecule has 2 rings (SSSR count). The van der Waals surface area contributed by atoms with Crippen molar-refractivity contribution >= 4 is 43.5 Å². The number of amides is 1. The molecule has 0 fully saturated rings. The first-order chi connectivity index (χ1) is 8.99. The molecule has 0 heterocycles. The molecule has 0 aliphatic rings. The molecule has 0 saturated carbocycles. The second-order valence-electron chi connectivity index (χ2n) is 4.35. The summed E-state index contributed by atoms with van der Waals surface area (Å²) in [6.07, 6.45) is 0. The fraction of sp³-hybridized carbons (Fsp3) is 0.133. The van der Waals surface area contributed by atoms with Crippen molar-refractivity contribution in [1.82, 2.24) is 0 Å². The Bertz CT molecular complexity index is 638. The number of aryl methyl sites for hydroxylation is 2. The van der Waals surface area contributed by atoms with E-state index in [1.54, 1.807) is 6.07 Å². The van der Waals surface area contributed by atoms with Crippen LogP contribution < -0.4 is 5.32 Å². The van der Waals surface area contributed by atoms with Crippen molar-refractivity contribution in [2.45, 2.75) is 13.8 Å². The highest BCUT2D eigenvalue weighted by Crippen LogP contribution is 2.24. The molecule has 98 valence electrons. The van der Waals surface area contributed by atoms with Crippen molar-refractivity contribution in [3.8, 4) is 0 Å². The van der Waals surface area contributed by atoms with Crippen LogP contribution in [-0.2, 0) is 0 Å². The summed E-state index contributed by atoms with van der Waals surface area (Å²) in [7, 11) is 0. The van der Waals surface area contributed by atoms with Gasteiger partial charge >= 0.3 is 0 Å². The Labute approximate surface area is 129 Å². The smallest absolute Gasteiger partial charge is 0.256 e. The van der Waals surface area contributed by atoms with Crippen molar-refractivity contribution in [2.75, 3.05) is 5.32 Å². The van der Waals surface area contributed by atoms with Crippen LogP contribution in [0.5, 0.6) is 0 Å². The quantitative estimate of drug-likeness (QED) is 0.770. The minimum atomic E-state index is -0.114. The molecule has 19 heavy (non-hydrogen) atoms. The SMILES string of the molecule is Cc1ccc(Br)cc1NC(=O)c1cccc(C)c1Br. The molecule has 0 unspecified atom stereocenters. The molecular formula is C15H13Br2NO. The first-order valence-electron chi connectivity index (χ1n) is 5.81. The summed E-state index contributed by atoms with van der Waals surface area (Å²) in [5.74, 6) is -0.114. The van der Waals surface area contributed by atoms with Crippen LogP contribution in [0.2, 0.25) is 0 Å². The van der Waals surface area contributed by atoms with E-state index >= 15 is 0 Å². The van der Waals surface area contributed by atoms with Crippen molar-refractivity contribution in [3.05, 3.63) is 62.0 Å². The first kappa shape index (κ1) is 14.3. The third kappa shape index (κ3) is 3.25. The number of anilines is 1. The number of hydrogen-bond acceptors (Lipinski definition) is 1. The van der Waals surface area contributed by atoms with E-state index in [9.17, 15) is 4.79 Å². The summed E-state index contributed by atoms with van der Waals surface area (Å²) in [6, 6.07) is 11.5. The number of carbonyl (C=O) groups excluding carboxylic acids is 1. The minimum absolute atomic E-state index is 0.114. The average Bonchev–Trinajstić information content (AvgIpc) is 2.37. The van der Waals surface area contributed by atoms with Gasteiger partial charge in [0.15, 0.2) is 0 Å². The maximum Gasteiger partial charge on any atom is 0.256 e. The van der Waals surface area contributed by atoms with Gasteiger partial charge in [-0.15, -0.1) is 0 Å². The zero-order valence-electron chi connectivity index (χ0n) is 10.6. The largest absolute Gasteiger partial charge is 0.322 e. The average molecular weight is 383 g/mol. The molecule has 4 heteroatoms. The van der Waals surface area contributed by atoms with Gasteiger partial charge in [-0.05, 0) is 59.1 Å². The van der Waals surface area contributed by atoms with Gasteiger partial charge in [0.1, 0.15) is 0 Å². The summed E-state index contributed by atoms with van der Waals surface area (Å²) < 4.78 is 1.77. The Morgan fingerprint density at radius 1 is 1.05 bits per heavy atom. The van der Waals surface area contributed by atoms with Crippen LogP contribution in [0.3, 0.4) is 0 Å². The predicted molar refractivity (Wildman–Crippen MR) is 85.7 cm³/mol. The normalized spacial score (nSPS) is 10.3. The maximum atomic E-state index is 12.3. The van der Waals surface area contributed by atoms with E-state index in [4.69, 9.17) is 0 Å². The van der Waals surface area contributed by atoms with E-state index in [0.717, 1.165) is 25.8 Å². The summed E-state index contributed by atoms with van der Waals surface area (Å²) in [5, 5.41) is 2.94. The van der Waals surface area contributed by atoms with Crippen LogP contribution in [0.25, 0.3) is 0 Å². The van der Waals surface area contributed by atoms with Crippen molar-refractivity contribution in [2.24, 2.45) is 0 Å². The van der Waals surface area contributed by atoms with Gasteiger partial charge in [0.05, 0.1) is 5.56 Å². The van der Waals surface area contributed by atoms with Crippen LogP contribution in [0.4, 0.5) is 5.69 Å². The number of carbonyl (C=O) groups is 1. The molecule has 2 aromatic rings. The van der Waals surface area contributed by atoms with Gasteiger partial charge in [-0.3, -0.25) is 4.79 Å². The van der Waals surface area contributed by atoms with Gasteiger partial charge in [0.2, 0.25) is 0 Å². The zero-order chi connectivity index (χ0) is 14.0. The van der Waals surface area contributed by atoms with Crippen LogP contribution in [0, 0.1) is 13.8 Å². The van der Waals surface area contributed by atoms with E-state index in [1.165, 1.54) is 0 Å². The second kappa shape index (κ2) is 5.88. The molecule has 0 aliphatic carbocycles. The lowest BCUT2D eigenvalue weighted by molar-refractivity contribution is 0.102. The van der Waals surface area contributed by atoms with Crippen molar-refractivity contribution in [3.63, 3.8) is 0 Å². The molecule has 1 N–H and O–H groups in total. The summed E-state index contributed by atoms with van der Waals surface area (Å²) in [5.41, 5.74) is 3.52. The van der Waals surface area contributed by atoms with E-state index in [0.29, 0.717) is 5.56 Å². The maximum absolute atomic E-state index is 12.3.